The molecular formula is C8H15N3O2S. The molecule has 4 N–H and O–H groups in total. The molecule has 0 aromatic rings. The maximum Gasteiger partial charge on any atom is 0.323 e. The van der Waals surface area contributed by atoms with Crippen LogP contribution in [-0.4, -0.2) is 29.9 Å². The molecule has 14 heavy (non-hydrogen) atoms. The van der Waals surface area contributed by atoms with Crippen LogP contribution in [0.2, 0.25) is 0 Å². The summed E-state index contributed by atoms with van der Waals surface area (Å²) in [6.07, 6.45) is 2.21. The lowest BCUT2D eigenvalue weighted by molar-refractivity contribution is -0.139. The number of hydrogen-bond acceptors (Lipinski definition) is 4. The predicted octanol–water partition coefficient (Wildman–Crippen LogP) is -0.764. The summed E-state index contributed by atoms with van der Waals surface area (Å²) in [7, 11) is 0. The van der Waals surface area contributed by atoms with Crippen LogP contribution in [0.5, 0.6) is 0 Å². The fraction of sp³-hybridized carbons (Fsp3) is 0.750. The SMILES string of the molecule is NNC(=O)C(=O)NCC1CCSCC1. The summed E-state index contributed by atoms with van der Waals surface area (Å²) in [4.78, 5) is 21.7. The van der Waals surface area contributed by atoms with E-state index in [2.05, 4.69) is 5.32 Å². The third-order valence-electron chi connectivity index (χ3n) is 2.23. The average Bonchev–Trinajstić information content (AvgIpc) is 2.26. The van der Waals surface area contributed by atoms with Crippen molar-refractivity contribution in [3.8, 4) is 0 Å². The molecule has 1 heterocycles. The van der Waals surface area contributed by atoms with Gasteiger partial charge in [0.15, 0.2) is 0 Å². The molecule has 5 nitrogen and oxygen atoms in total. The summed E-state index contributed by atoms with van der Waals surface area (Å²) in [5.74, 6) is 6.18. The molecule has 80 valence electrons. The topological polar surface area (TPSA) is 84.2 Å². The van der Waals surface area contributed by atoms with Crippen LogP contribution in [0.15, 0.2) is 0 Å². The zero-order valence-corrected chi connectivity index (χ0v) is 8.73. The fourth-order valence-electron chi connectivity index (χ4n) is 1.33. The molecule has 1 aliphatic rings. The first kappa shape index (κ1) is 11.3. The van der Waals surface area contributed by atoms with Gasteiger partial charge >= 0.3 is 11.8 Å². The molecule has 1 fully saturated rings. The first-order valence-electron chi connectivity index (χ1n) is 4.60. The summed E-state index contributed by atoms with van der Waals surface area (Å²) in [5, 5.41) is 2.56. The molecule has 1 rings (SSSR count). The summed E-state index contributed by atoms with van der Waals surface area (Å²) >= 11 is 1.93. The Kier molecular flexibility index (Phi) is 4.75. The maximum absolute atomic E-state index is 11.0. The number of carbonyl (C=O) groups excluding carboxylic acids is 2. The number of rotatable bonds is 2. The lowest BCUT2D eigenvalue weighted by Crippen LogP contribution is -2.44. The third-order valence-corrected chi connectivity index (χ3v) is 3.28. The van der Waals surface area contributed by atoms with Gasteiger partial charge in [-0.1, -0.05) is 0 Å². The molecule has 0 aliphatic carbocycles. The van der Waals surface area contributed by atoms with Crippen molar-refractivity contribution >= 4 is 23.6 Å². The summed E-state index contributed by atoms with van der Waals surface area (Å²) in [5.41, 5.74) is 1.80. The molecule has 1 aliphatic heterocycles. The van der Waals surface area contributed by atoms with Crippen LogP contribution in [0.25, 0.3) is 0 Å². The number of amides is 2. The van der Waals surface area contributed by atoms with E-state index in [4.69, 9.17) is 5.84 Å². The molecule has 0 radical (unpaired) electrons. The van der Waals surface area contributed by atoms with E-state index in [1.807, 2.05) is 11.8 Å². The molecule has 0 bridgehead atoms. The van der Waals surface area contributed by atoms with Crippen molar-refractivity contribution in [2.75, 3.05) is 18.1 Å². The van der Waals surface area contributed by atoms with Gasteiger partial charge in [0.1, 0.15) is 0 Å². The summed E-state index contributed by atoms with van der Waals surface area (Å²) in [6, 6.07) is 0. The minimum absolute atomic E-state index is 0.505. The largest absolute Gasteiger partial charge is 0.348 e. The number of hydrazine groups is 1. The van der Waals surface area contributed by atoms with Crippen molar-refractivity contribution in [2.24, 2.45) is 11.8 Å². The second-order valence-electron chi connectivity index (χ2n) is 3.24. The van der Waals surface area contributed by atoms with Crippen LogP contribution in [0.1, 0.15) is 12.8 Å². The lowest BCUT2D eigenvalue weighted by atomic mass is 10.0. The molecule has 0 saturated carbocycles. The van der Waals surface area contributed by atoms with E-state index < -0.39 is 11.8 Å². The Balaban J connectivity index is 2.18. The van der Waals surface area contributed by atoms with Crippen molar-refractivity contribution < 1.29 is 9.59 Å². The molecular weight excluding hydrogens is 202 g/mol. The predicted molar refractivity (Wildman–Crippen MR) is 55.4 cm³/mol. The van der Waals surface area contributed by atoms with E-state index in [1.54, 1.807) is 5.43 Å². The molecule has 6 heteroatoms. The smallest absolute Gasteiger partial charge is 0.323 e. The van der Waals surface area contributed by atoms with Gasteiger partial charge in [0, 0.05) is 6.54 Å². The van der Waals surface area contributed by atoms with Crippen LogP contribution in [0.3, 0.4) is 0 Å². The van der Waals surface area contributed by atoms with Gasteiger partial charge < -0.3 is 5.32 Å². The van der Waals surface area contributed by atoms with E-state index in [0.29, 0.717) is 12.5 Å². The van der Waals surface area contributed by atoms with Crippen molar-refractivity contribution in [1.82, 2.24) is 10.7 Å². The van der Waals surface area contributed by atoms with Crippen LogP contribution >= 0.6 is 11.8 Å². The van der Waals surface area contributed by atoms with Crippen molar-refractivity contribution in [3.05, 3.63) is 0 Å². The molecule has 0 unspecified atom stereocenters. The van der Waals surface area contributed by atoms with Crippen molar-refractivity contribution in [1.29, 1.82) is 0 Å². The first-order chi connectivity index (χ1) is 6.74. The zero-order valence-electron chi connectivity index (χ0n) is 7.91. The Bertz CT molecular complexity index is 217. The number of carbonyl (C=O) groups is 2. The van der Waals surface area contributed by atoms with Crippen molar-refractivity contribution in [2.45, 2.75) is 12.8 Å². The Labute approximate surface area is 87.1 Å². The minimum atomic E-state index is -0.782. The van der Waals surface area contributed by atoms with Crippen LogP contribution in [0.4, 0.5) is 0 Å². The highest BCUT2D eigenvalue weighted by Crippen LogP contribution is 2.21. The third kappa shape index (κ3) is 3.55. The summed E-state index contributed by atoms with van der Waals surface area (Å²) in [6.45, 7) is 0.576. The van der Waals surface area contributed by atoms with Gasteiger partial charge in [0.2, 0.25) is 0 Å². The fourth-order valence-corrected chi connectivity index (χ4v) is 2.54. The number of nitrogens with one attached hydrogen (secondary N) is 2. The van der Waals surface area contributed by atoms with Gasteiger partial charge in [0.05, 0.1) is 0 Å². The lowest BCUT2D eigenvalue weighted by Gasteiger charge is -2.21. The molecule has 2 amide bonds. The van der Waals surface area contributed by atoms with Crippen LogP contribution in [-0.2, 0) is 9.59 Å². The van der Waals surface area contributed by atoms with E-state index in [0.717, 1.165) is 24.3 Å². The maximum atomic E-state index is 11.0. The Morgan fingerprint density at radius 3 is 2.50 bits per heavy atom. The molecule has 1 saturated heterocycles. The van der Waals surface area contributed by atoms with Gasteiger partial charge in [-0.3, -0.25) is 15.0 Å². The molecule has 0 spiro atoms. The van der Waals surface area contributed by atoms with E-state index in [9.17, 15) is 9.59 Å². The first-order valence-corrected chi connectivity index (χ1v) is 5.76. The molecule has 0 atom stereocenters. The highest BCUT2D eigenvalue weighted by Gasteiger charge is 2.16. The number of hydrogen-bond donors (Lipinski definition) is 3. The van der Waals surface area contributed by atoms with E-state index >= 15 is 0 Å². The minimum Gasteiger partial charge on any atom is -0.348 e. The highest BCUT2D eigenvalue weighted by molar-refractivity contribution is 7.99. The van der Waals surface area contributed by atoms with E-state index in [1.165, 1.54) is 0 Å². The second kappa shape index (κ2) is 5.87. The average molecular weight is 217 g/mol. The second-order valence-corrected chi connectivity index (χ2v) is 4.46. The van der Waals surface area contributed by atoms with Gasteiger partial charge in [0.25, 0.3) is 0 Å². The van der Waals surface area contributed by atoms with Crippen LogP contribution in [0, 0.1) is 5.92 Å². The quantitative estimate of drug-likeness (QED) is 0.245. The number of nitrogens with two attached hydrogens (primary N) is 1. The monoisotopic (exact) mass is 217 g/mol. The van der Waals surface area contributed by atoms with Gasteiger partial charge in [-0.15, -0.1) is 0 Å². The Hall–Kier alpha value is -0.750. The normalized spacial score (nSPS) is 17.5. The zero-order chi connectivity index (χ0) is 10.4. The van der Waals surface area contributed by atoms with E-state index in [-0.39, 0.29) is 0 Å². The van der Waals surface area contributed by atoms with Gasteiger partial charge in [-0.2, -0.15) is 11.8 Å². The van der Waals surface area contributed by atoms with Crippen LogP contribution < -0.4 is 16.6 Å². The Morgan fingerprint density at radius 1 is 1.29 bits per heavy atom. The Morgan fingerprint density at radius 2 is 1.93 bits per heavy atom. The molecule has 0 aromatic heterocycles. The van der Waals surface area contributed by atoms with Crippen molar-refractivity contribution in [3.63, 3.8) is 0 Å². The van der Waals surface area contributed by atoms with Gasteiger partial charge in [-0.05, 0) is 30.3 Å². The standard InChI is InChI=1S/C8H15N3O2S/c9-11-8(13)7(12)10-5-6-1-3-14-4-2-6/h6H,1-5,9H2,(H,10,12)(H,11,13). The highest BCUT2D eigenvalue weighted by atomic mass is 32.2. The summed E-state index contributed by atoms with van der Waals surface area (Å²) < 4.78 is 0. The molecule has 0 aromatic carbocycles. The number of thioether (sulfide) groups is 1. The van der Waals surface area contributed by atoms with Gasteiger partial charge in [-0.25, -0.2) is 5.84 Å².